The Hall–Kier alpha value is 0. The first-order valence-corrected chi connectivity index (χ1v) is 17.7. The lowest BCUT2D eigenvalue weighted by Gasteiger charge is -1.99. The molecule has 0 N–H and O–H groups in total. The maximum atomic E-state index is 2.28. The van der Waals surface area contributed by atoms with Gasteiger partial charge in [-0.1, -0.05) is 235 Å². The highest BCUT2D eigenvalue weighted by Gasteiger charge is 1.90. The summed E-state index contributed by atoms with van der Waals surface area (Å²) in [6, 6.07) is 0. The van der Waals surface area contributed by atoms with Crippen LogP contribution in [0.2, 0.25) is 0 Å². The molecule has 0 atom stereocenters. The van der Waals surface area contributed by atoms with Crippen LogP contribution in [0.4, 0.5) is 0 Å². The monoisotopic (exact) mass is 513 g/mol. The van der Waals surface area contributed by atoms with Crippen LogP contribution in [0.15, 0.2) is 0 Å². The van der Waals surface area contributed by atoms with Crippen LogP contribution in [0, 0.1) is 0 Å². The molecule has 0 aliphatic rings. The summed E-state index contributed by atoms with van der Waals surface area (Å²) < 4.78 is 0. The summed E-state index contributed by atoms with van der Waals surface area (Å²) in [5.74, 6) is 0. The summed E-state index contributed by atoms with van der Waals surface area (Å²) in [5, 5.41) is 0. The average Bonchev–Trinajstić information content (AvgIpc) is 2.90. The van der Waals surface area contributed by atoms with Crippen molar-refractivity contribution in [1.29, 1.82) is 0 Å². The molecular weight excluding hydrogens is 432 g/mol. The topological polar surface area (TPSA) is 0 Å². The Morgan fingerprint density at radius 2 is 0.222 bits per heavy atom. The van der Waals surface area contributed by atoms with Gasteiger partial charge in [-0.05, 0) is 0 Å². The van der Waals surface area contributed by atoms with Crippen molar-refractivity contribution in [2.24, 2.45) is 0 Å². The Balaban J connectivity index is -0.000000195. The lowest BCUT2D eigenvalue weighted by atomic mass is 10.1. The van der Waals surface area contributed by atoms with E-state index in [0.717, 1.165) is 0 Å². The molecule has 0 saturated heterocycles. The zero-order chi connectivity index (χ0) is 27.8. The third-order valence-corrected chi connectivity index (χ3v) is 6.83. The predicted molar refractivity (Wildman–Crippen MR) is 175 cm³/mol. The van der Waals surface area contributed by atoms with Crippen LogP contribution in [0.5, 0.6) is 0 Å². The standard InChI is InChI=1S/C12H26.C10H22.C8H18.C6H14/c1-3-5-7-9-11-12-10-8-6-4-2;1-3-5-7-9-10-8-6-4-2;1-3-5-7-8-6-4-2;1-3-5-6-4-2/h3-12H2,1-2H3;3-10H2,1-2H3;3-8H2,1-2H3;3-6H2,1-2H3. The number of hydrogen-bond acceptors (Lipinski definition) is 0. The Morgan fingerprint density at radius 1 is 0.139 bits per heavy atom. The largest absolute Gasteiger partial charge is 0.0654 e. The van der Waals surface area contributed by atoms with E-state index in [4.69, 9.17) is 0 Å². The quantitative estimate of drug-likeness (QED) is 0.113. The van der Waals surface area contributed by atoms with E-state index in [2.05, 4.69) is 55.4 Å². The van der Waals surface area contributed by atoms with Gasteiger partial charge < -0.3 is 0 Å². The summed E-state index contributed by atoms with van der Waals surface area (Å²) in [4.78, 5) is 0. The van der Waals surface area contributed by atoms with E-state index in [-0.39, 0.29) is 0 Å². The fraction of sp³-hybridized carbons (Fsp3) is 1.00. The van der Waals surface area contributed by atoms with Gasteiger partial charge in [0.15, 0.2) is 0 Å². The van der Waals surface area contributed by atoms with Crippen LogP contribution in [0.1, 0.15) is 235 Å². The highest BCUT2D eigenvalue weighted by molar-refractivity contribution is 4.46. The predicted octanol–water partition coefficient (Wildman–Crippen LogP) is 15.0. The van der Waals surface area contributed by atoms with Crippen molar-refractivity contribution in [3.05, 3.63) is 0 Å². The van der Waals surface area contributed by atoms with Crippen molar-refractivity contribution in [3.8, 4) is 0 Å². The van der Waals surface area contributed by atoms with Gasteiger partial charge in [0, 0.05) is 0 Å². The second kappa shape index (κ2) is 51.6. The Kier molecular flexibility index (Phi) is 61.7. The second-order valence-electron chi connectivity index (χ2n) is 11.1. The van der Waals surface area contributed by atoms with E-state index in [9.17, 15) is 0 Å². The molecule has 0 rings (SSSR count). The average molecular weight is 513 g/mol. The van der Waals surface area contributed by atoms with Crippen LogP contribution in [0.25, 0.3) is 0 Å². The van der Waals surface area contributed by atoms with Gasteiger partial charge in [0.1, 0.15) is 0 Å². The third kappa shape index (κ3) is 64.3. The van der Waals surface area contributed by atoms with Crippen LogP contribution >= 0.6 is 0 Å². The zero-order valence-electron chi connectivity index (χ0n) is 27.8. The van der Waals surface area contributed by atoms with E-state index in [0.29, 0.717) is 0 Å². The first-order chi connectivity index (χ1) is 17.7. The molecule has 0 fully saturated rings. The number of rotatable bonds is 24. The molecule has 0 amide bonds. The van der Waals surface area contributed by atoms with Crippen molar-refractivity contribution in [2.45, 2.75) is 235 Å². The minimum Gasteiger partial charge on any atom is -0.0654 e. The highest BCUT2D eigenvalue weighted by Crippen LogP contribution is 2.10. The summed E-state index contributed by atoms with van der Waals surface area (Å²) >= 11 is 0. The molecule has 0 aromatic carbocycles. The van der Waals surface area contributed by atoms with Crippen molar-refractivity contribution in [2.75, 3.05) is 0 Å². The van der Waals surface area contributed by atoms with Crippen molar-refractivity contribution >= 4 is 0 Å². The van der Waals surface area contributed by atoms with E-state index in [1.54, 1.807) is 0 Å². The Bertz CT molecular complexity index is 241. The van der Waals surface area contributed by atoms with E-state index < -0.39 is 0 Å². The molecule has 0 aromatic rings. The van der Waals surface area contributed by atoms with E-state index in [1.807, 2.05) is 0 Å². The van der Waals surface area contributed by atoms with Gasteiger partial charge in [-0.2, -0.15) is 0 Å². The first kappa shape index (κ1) is 43.1. The molecule has 224 valence electrons. The van der Waals surface area contributed by atoms with Gasteiger partial charge in [-0.25, -0.2) is 0 Å². The Labute approximate surface area is 235 Å². The SMILES string of the molecule is CCCCCC.CCCCCCCC.CCCCCCCCCC.CCCCCCCCCCCC. The van der Waals surface area contributed by atoms with Gasteiger partial charge in [0.25, 0.3) is 0 Å². The molecule has 0 aromatic heterocycles. The smallest absolute Gasteiger partial charge is 0.0533 e. The number of unbranched alkanes of at least 4 members (excludes halogenated alkanes) is 24. The molecule has 0 bridgehead atoms. The molecule has 0 aliphatic carbocycles. The van der Waals surface area contributed by atoms with Gasteiger partial charge >= 0.3 is 0 Å². The summed E-state index contributed by atoms with van der Waals surface area (Å²) in [5.41, 5.74) is 0. The molecule has 0 heteroatoms. The lowest BCUT2D eigenvalue weighted by Crippen LogP contribution is -1.80. The minimum atomic E-state index is 1.36. The summed E-state index contributed by atoms with van der Waals surface area (Å²) in [7, 11) is 0. The molecule has 0 heterocycles. The first-order valence-electron chi connectivity index (χ1n) is 17.7. The molecule has 0 radical (unpaired) electrons. The molecule has 36 heavy (non-hydrogen) atoms. The van der Waals surface area contributed by atoms with Crippen molar-refractivity contribution in [1.82, 2.24) is 0 Å². The van der Waals surface area contributed by atoms with Gasteiger partial charge in [-0.3, -0.25) is 0 Å². The van der Waals surface area contributed by atoms with Crippen molar-refractivity contribution < 1.29 is 0 Å². The third-order valence-electron chi connectivity index (χ3n) is 6.83. The fourth-order valence-electron chi connectivity index (χ4n) is 4.12. The molecule has 0 aliphatic heterocycles. The maximum absolute atomic E-state index is 2.28. The van der Waals surface area contributed by atoms with Gasteiger partial charge in [-0.15, -0.1) is 0 Å². The van der Waals surface area contributed by atoms with Crippen LogP contribution in [-0.4, -0.2) is 0 Å². The normalized spacial score (nSPS) is 10.0. The van der Waals surface area contributed by atoms with E-state index >= 15 is 0 Å². The second-order valence-corrected chi connectivity index (χ2v) is 11.1. The molecule has 0 unspecified atom stereocenters. The van der Waals surface area contributed by atoms with E-state index in [1.165, 1.54) is 180 Å². The van der Waals surface area contributed by atoms with Crippen LogP contribution < -0.4 is 0 Å². The summed E-state index contributed by atoms with van der Waals surface area (Å²) in [6.45, 7) is 18.1. The minimum absolute atomic E-state index is 1.36. The maximum Gasteiger partial charge on any atom is -0.0533 e. The fourth-order valence-corrected chi connectivity index (χ4v) is 4.12. The molecular formula is C36H80. The lowest BCUT2D eigenvalue weighted by molar-refractivity contribution is 0.562. The highest BCUT2D eigenvalue weighted by atomic mass is 14.0. The Morgan fingerprint density at radius 3 is 0.333 bits per heavy atom. The van der Waals surface area contributed by atoms with Gasteiger partial charge in [0.05, 0.1) is 0 Å². The van der Waals surface area contributed by atoms with Crippen molar-refractivity contribution in [3.63, 3.8) is 0 Å². The molecule has 0 saturated carbocycles. The van der Waals surface area contributed by atoms with Crippen LogP contribution in [0.3, 0.4) is 0 Å². The molecule has 0 spiro atoms. The van der Waals surface area contributed by atoms with Gasteiger partial charge in [0.2, 0.25) is 0 Å². The summed E-state index contributed by atoms with van der Waals surface area (Å²) in [6.07, 6.45) is 39.9. The molecule has 0 nitrogen and oxygen atoms in total. The number of hydrogen-bond donors (Lipinski definition) is 0. The van der Waals surface area contributed by atoms with Crippen LogP contribution in [-0.2, 0) is 0 Å². The zero-order valence-corrected chi connectivity index (χ0v) is 27.8.